The molecule has 2 aromatic rings. The molecule has 0 bridgehead atoms. The molecule has 0 heterocycles. The van der Waals surface area contributed by atoms with E-state index in [1.165, 1.54) is 0 Å². The maximum absolute atomic E-state index is 6.03. The number of benzene rings is 2. The smallest absolute Gasteiger partial charge is 0.138 e. The van der Waals surface area contributed by atoms with Crippen LogP contribution in [-0.4, -0.2) is 19.8 Å². The van der Waals surface area contributed by atoms with Gasteiger partial charge in [0.25, 0.3) is 0 Å². The fourth-order valence-electron chi connectivity index (χ4n) is 1.81. The topological polar surface area (TPSA) is 30.5 Å². The normalized spacial score (nSPS) is 10.2. The predicted octanol–water partition coefficient (Wildman–Crippen LogP) is 4.88. The molecule has 0 aliphatic carbocycles. The quantitative estimate of drug-likeness (QED) is 0.735. The highest BCUT2D eigenvalue weighted by atomic mass is 35.5. The van der Waals surface area contributed by atoms with Gasteiger partial charge in [-0.15, -0.1) is 0 Å². The van der Waals surface area contributed by atoms with Gasteiger partial charge in [0.05, 0.1) is 11.6 Å². The second kappa shape index (κ2) is 8.01. The van der Waals surface area contributed by atoms with Crippen molar-refractivity contribution < 1.29 is 9.47 Å². The molecule has 0 amide bonds. The first-order valence-electron chi connectivity index (χ1n) is 6.73. The molecule has 0 saturated heterocycles. The summed E-state index contributed by atoms with van der Waals surface area (Å²) in [6.07, 6.45) is 0. The Morgan fingerprint density at radius 2 is 1.90 bits per heavy atom. The first kappa shape index (κ1) is 15.8. The van der Waals surface area contributed by atoms with Crippen LogP contribution in [0.15, 0.2) is 42.5 Å². The minimum absolute atomic E-state index is 0.500. The Morgan fingerprint density at radius 3 is 2.67 bits per heavy atom. The largest absolute Gasteiger partial charge is 0.494 e. The summed E-state index contributed by atoms with van der Waals surface area (Å²) >= 11 is 11.9. The van der Waals surface area contributed by atoms with Crippen molar-refractivity contribution >= 4 is 28.9 Å². The van der Waals surface area contributed by atoms with Gasteiger partial charge in [0.1, 0.15) is 18.1 Å². The first-order chi connectivity index (χ1) is 10.2. The van der Waals surface area contributed by atoms with E-state index in [1.807, 2.05) is 31.2 Å². The van der Waals surface area contributed by atoms with Crippen LogP contribution in [0.1, 0.15) is 6.92 Å². The van der Waals surface area contributed by atoms with E-state index in [4.69, 9.17) is 32.7 Å². The molecule has 2 rings (SSSR count). The Hall–Kier alpha value is -1.58. The maximum atomic E-state index is 6.03. The number of halogens is 2. The summed E-state index contributed by atoms with van der Waals surface area (Å²) in [6, 6.07) is 13.0. The number of ether oxygens (including phenoxy) is 2. The van der Waals surface area contributed by atoms with Crippen molar-refractivity contribution in [3.63, 3.8) is 0 Å². The summed E-state index contributed by atoms with van der Waals surface area (Å²) in [5, 5.41) is 4.38. The number of hydrogen-bond donors (Lipinski definition) is 1. The molecule has 5 heteroatoms. The second-order valence-electron chi connectivity index (χ2n) is 4.31. The van der Waals surface area contributed by atoms with Gasteiger partial charge in [-0.1, -0.05) is 29.3 Å². The maximum Gasteiger partial charge on any atom is 0.138 e. The molecule has 0 saturated carbocycles. The van der Waals surface area contributed by atoms with Crippen molar-refractivity contribution in [2.45, 2.75) is 6.92 Å². The van der Waals surface area contributed by atoms with Crippen LogP contribution in [0.4, 0.5) is 5.69 Å². The molecule has 21 heavy (non-hydrogen) atoms. The summed E-state index contributed by atoms with van der Waals surface area (Å²) in [6.45, 7) is 3.78. The van der Waals surface area contributed by atoms with Crippen LogP contribution in [0.5, 0.6) is 11.5 Å². The molecule has 0 atom stereocenters. The third kappa shape index (κ3) is 5.03. The van der Waals surface area contributed by atoms with Crippen LogP contribution in [0.2, 0.25) is 10.0 Å². The molecule has 2 aromatic carbocycles. The number of rotatable bonds is 7. The number of nitrogens with one attached hydrogen (secondary N) is 1. The average molecular weight is 326 g/mol. The van der Waals surface area contributed by atoms with E-state index in [0.717, 1.165) is 11.4 Å². The Balaban J connectivity index is 1.80. The van der Waals surface area contributed by atoms with Gasteiger partial charge in [-0.3, -0.25) is 0 Å². The summed E-state index contributed by atoms with van der Waals surface area (Å²) in [5.41, 5.74) is 0.992. The van der Waals surface area contributed by atoms with Gasteiger partial charge in [-0.05, 0) is 37.3 Å². The Morgan fingerprint density at radius 1 is 1.05 bits per heavy atom. The molecule has 0 aliphatic rings. The van der Waals surface area contributed by atoms with Crippen LogP contribution in [0.25, 0.3) is 0 Å². The number of anilines is 1. The van der Waals surface area contributed by atoms with Gasteiger partial charge in [-0.25, -0.2) is 0 Å². The van der Waals surface area contributed by atoms with Crippen molar-refractivity contribution in [2.24, 2.45) is 0 Å². The van der Waals surface area contributed by atoms with Gasteiger partial charge < -0.3 is 14.8 Å². The molecule has 0 radical (unpaired) electrons. The van der Waals surface area contributed by atoms with Crippen LogP contribution >= 0.6 is 23.2 Å². The fraction of sp³-hybridized carbons (Fsp3) is 0.250. The standard InChI is InChI=1S/C16H17Cl2NO2/c1-2-20-14-5-3-4-13(11-14)19-8-9-21-16-7-6-12(17)10-15(16)18/h3-7,10-11,19H,2,8-9H2,1H3. The van der Waals surface area contributed by atoms with Gasteiger partial charge in [0.15, 0.2) is 0 Å². The minimum Gasteiger partial charge on any atom is -0.494 e. The van der Waals surface area contributed by atoms with Crippen LogP contribution in [0.3, 0.4) is 0 Å². The minimum atomic E-state index is 0.500. The van der Waals surface area contributed by atoms with E-state index < -0.39 is 0 Å². The van der Waals surface area contributed by atoms with Crippen LogP contribution in [0, 0.1) is 0 Å². The molecule has 112 valence electrons. The zero-order chi connectivity index (χ0) is 15.1. The molecule has 1 N–H and O–H groups in total. The molecular formula is C16H17Cl2NO2. The number of hydrogen-bond acceptors (Lipinski definition) is 3. The second-order valence-corrected chi connectivity index (χ2v) is 5.15. The van der Waals surface area contributed by atoms with Crippen molar-refractivity contribution in [3.05, 3.63) is 52.5 Å². The zero-order valence-corrected chi connectivity index (χ0v) is 13.2. The summed E-state index contributed by atoms with van der Waals surface area (Å²) < 4.78 is 11.1. The average Bonchev–Trinajstić information content (AvgIpc) is 2.46. The van der Waals surface area contributed by atoms with Gasteiger partial charge >= 0.3 is 0 Å². The lowest BCUT2D eigenvalue weighted by atomic mass is 10.3. The molecule has 0 spiro atoms. The summed E-state index contributed by atoms with van der Waals surface area (Å²) in [4.78, 5) is 0. The highest BCUT2D eigenvalue weighted by molar-refractivity contribution is 6.35. The van der Waals surface area contributed by atoms with E-state index in [9.17, 15) is 0 Å². The Labute approximate surface area is 134 Å². The SMILES string of the molecule is CCOc1cccc(NCCOc2ccc(Cl)cc2Cl)c1. The molecule has 3 nitrogen and oxygen atoms in total. The zero-order valence-electron chi connectivity index (χ0n) is 11.7. The van der Waals surface area contributed by atoms with E-state index in [-0.39, 0.29) is 0 Å². The van der Waals surface area contributed by atoms with Gasteiger partial charge in [0.2, 0.25) is 0 Å². The molecule has 0 aliphatic heterocycles. The highest BCUT2D eigenvalue weighted by Gasteiger charge is 2.02. The van der Waals surface area contributed by atoms with Crippen molar-refractivity contribution in [2.75, 3.05) is 25.1 Å². The van der Waals surface area contributed by atoms with Crippen LogP contribution in [-0.2, 0) is 0 Å². The van der Waals surface area contributed by atoms with E-state index >= 15 is 0 Å². The van der Waals surface area contributed by atoms with E-state index in [1.54, 1.807) is 18.2 Å². The molecule has 0 fully saturated rings. The van der Waals surface area contributed by atoms with Crippen molar-refractivity contribution in [3.8, 4) is 11.5 Å². The van der Waals surface area contributed by atoms with Crippen LogP contribution < -0.4 is 14.8 Å². The fourth-order valence-corrected chi connectivity index (χ4v) is 2.27. The summed E-state index contributed by atoms with van der Waals surface area (Å²) in [5.74, 6) is 1.48. The molecule has 0 aromatic heterocycles. The Kier molecular flexibility index (Phi) is 6.03. The van der Waals surface area contributed by atoms with E-state index in [2.05, 4.69) is 5.32 Å². The van der Waals surface area contributed by atoms with Crippen molar-refractivity contribution in [1.29, 1.82) is 0 Å². The lowest BCUT2D eigenvalue weighted by Gasteiger charge is -2.11. The monoisotopic (exact) mass is 325 g/mol. The lowest BCUT2D eigenvalue weighted by molar-refractivity contribution is 0.332. The third-order valence-corrected chi connectivity index (χ3v) is 3.26. The lowest BCUT2D eigenvalue weighted by Crippen LogP contribution is -2.11. The summed E-state index contributed by atoms with van der Waals surface area (Å²) in [7, 11) is 0. The van der Waals surface area contributed by atoms with Crippen molar-refractivity contribution in [1.82, 2.24) is 0 Å². The van der Waals surface area contributed by atoms with Gasteiger partial charge in [-0.2, -0.15) is 0 Å². The predicted molar refractivity (Wildman–Crippen MR) is 88.1 cm³/mol. The molecular weight excluding hydrogens is 309 g/mol. The first-order valence-corrected chi connectivity index (χ1v) is 7.49. The Bertz CT molecular complexity index is 590. The highest BCUT2D eigenvalue weighted by Crippen LogP contribution is 2.27. The van der Waals surface area contributed by atoms with Gasteiger partial charge in [0, 0.05) is 23.3 Å². The molecule has 0 unspecified atom stereocenters. The third-order valence-electron chi connectivity index (χ3n) is 2.73. The van der Waals surface area contributed by atoms with E-state index in [0.29, 0.717) is 35.6 Å².